The van der Waals surface area contributed by atoms with Crippen LogP contribution in [0.4, 0.5) is 0 Å². The van der Waals surface area contributed by atoms with E-state index in [0.29, 0.717) is 12.5 Å². The zero-order valence-electron chi connectivity index (χ0n) is 8.12. The Morgan fingerprint density at radius 2 is 1.69 bits per heavy atom. The molecule has 0 aromatic carbocycles. The minimum Gasteiger partial charge on any atom is -0.282 e. The largest absolute Gasteiger partial charge is 0.282 e. The number of carbonyl (C=O) groups is 2. The molecule has 1 aliphatic heterocycles. The molecule has 2 amide bonds. The van der Waals surface area contributed by atoms with Gasteiger partial charge < -0.3 is 0 Å². The summed E-state index contributed by atoms with van der Waals surface area (Å²) in [6.07, 6.45) is 1.84. The van der Waals surface area contributed by atoms with Crippen molar-refractivity contribution in [1.82, 2.24) is 4.90 Å². The van der Waals surface area contributed by atoms with Crippen molar-refractivity contribution in [3.63, 3.8) is 0 Å². The quantitative estimate of drug-likeness (QED) is 0.597. The Morgan fingerprint density at radius 3 is 2.00 bits per heavy atom. The molecule has 0 aromatic rings. The Morgan fingerprint density at radius 1 is 1.23 bits per heavy atom. The van der Waals surface area contributed by atoms with Crippen molar-refractivity contribution in [3.8, 4) is 0 Å². The minimum absolute atomic E-state index is 0.0475. The standard InChI is InChI=1S/C10H15NO2/c1-6(2)5-11-9(12)7-3-4-8(7)10(11)13/h6-8H,3-5H2,1-2H3. The highest BCUT2D eigenvalue weighted by molar-refractivity contribution is 6.06. The molecular formula is C10H15NO2. The van der Waals surface area contributed by atoms with Gasteiger partial charge in [-0.2, -0.15) is 0 Å². The van der Waals surface area contributed by atoms with Crippen LogP contribution >= 0.6 is 0 Å². The van der Waals surface area contributed by atoms with E-state index in [1.807, 2.05) is 13.8 Å². The SMILES string of the molecule is CC(C)CN1C(=O)C2CCC2C1=O. The summed E-state index contributed by atoms with van der Waals surface area (Å²) in [7, 11) is 0. The van der Waals surface area contributed by atoms with Gasteiger partial charge in [-0.25, -0.2) is 0 Å². The lowest BCUT2D eigenvalue weighted by atomic mass is 9.76. The van der Waals surface area contributed by atoms with Crippen LogP contribution in [0.1, 0.15) is 26.7 Å². The van der Waals surface area contributed by atoms with Crippen molar-refractivity contribution in [2.24, 2.45) is 17.8 Å². The fourth-order valence-corrected chi connectivity index (χ4v) is 2.15. The molecular weight excluding hydrogens is 166 g/mol. The van der Waals surface area contributed by atoms with Crippen LogP contribution in [-0.4, -0.2) is 23.3 Å². The first-order chi connectivity index (χ1) is 6.11. The molecule has 1 aliphatic carbocycles. The van der Waals surface area contributed by atoms with E-state index in [1.165, 1.54) is 4.90 Å². The average molecular weight is 181 g/mol. The summed E-state index contributed by atoms with van der Waals surface area (Å²) in [5, 5.41) is 0. The van der Waals surface area contributed by atoms with Crippen LogP contribution in [-0.2, 0) is 9.59 Å². The summed E-state index contributed by atoms with van der Waals surface area (Å²) in [5.74, 6) is 0.632. The van der Waals surface area contributed by atoms with Gasteiger partial charge in [-0.1, -0.05) is 13.8 Å². The van der Waals surface area contributed by atoms with Gasteiger partial charge in [-0.15, -0.1) is 0 Å². The van der Waals surface area contributed by atoms with Gasteiger partial charge in [0.2, 0.25) is 11.8 Å². The van der Waals surface area contributed by atoms with Crippen molar-refractivity contribution in [1.29, 1.82) is 0 Å². The molecule has 3 heteroatoms. The Bertz CT molecular complexity index is 238. The monoisotopic (exact) mass is 181 g/mol. The van der Waals surface area contributed by atoms with E-state index in [4.69, 9.17) is 0 Å². The molecule has 1 saturated heterocycles. The van der Waals surface area contributed by atoms with Gasteiger partial charge in [-0.05, 0) is 18.8 Å². The van der Waals surface area contributed by atoms with Crippen LogP contribution in [0, 0.1) is 17.8 Å². The molecule has 0 radical (unpaired) electrons. The number of amides is 2. The maximum absolute atomic E-state index is 11.6. The van der Waals surface area contributed by atoms with E-state index in [2.05, 4.69) is 0 Å². The third-order valence-corrected chi connectivity index (χ3v) is 2.99. The molecule has 2 unspecified atom stereocenters. The third-order valence-electron chi connectivity index (χ3n) is 2.99. The second kappa shape index (κ2) is 2.82. The summed E-state index contributed by atoms with van der Waals surface area (Å²) in [5.41, 5.74) is 0. The van der Waals surface area contributed by atoms with E-state index in [9.17, 15) is 9.59 Å². The fraction of sp³-hybridized carbons (Fsp3) is 0.800. The van der Waals surface area contributed by atoms with Crippen LogP contribution in [0.25, 0.3) is 0 Å². The van der Waals surface area contributed by atoms with E-state index in [1.54, 1.807) is 0 Å². The van der Waals surface area contributed by atoms with E-state index >= 15 is 0 Å². The zero-order chi connectivity index (χ0) is 9.59. The van der Waals surface area contributed by atoms with Gasteiger partial charge in [0.1, 0.15) is 0 Å². The Hall–Kier alpha value is -0.860. The summed E-state index contributed by atoms with van der Waals surface area (Å²) >= 11 is 0. The topological polar surface area (TPSA) is 37.4 Å². The number of nitrogens with zero attached hydrogens (tertiary/aromatic N) is 1. The predicted octanol–water partition coefficient (Wildman–Crippen LogP) is 1.04. The van der Waals surface area contributed by atoms with Gasteiger partial charge in [0, 0.05) is 6.54 Å². The lowest BCUT2D eigenvalue weighted by Gasteiger charge is -2.24. The summed E-state index contributed by atoms with van der Waals surface area (Å²) in [4.78, 5) is 24.7. The first kappa shape index (κ1) is 8.73. The normalized spacial score (nSPS) is 32.4. The summed E-state index contributed by atoms with van der Waals surface area (Å²) in [6, 6.07) is 0. The molecule has 0 spiro atoms. The van der Waals surface area contributed by atoms with Crippen molar-refractivity contribution in [3.05, 3.63) is 0 Å². The second-order valence-electron chi connectivity index (χ2n) is 4.47. The maximum atomic E-state index is 11.6. The molecule has 0 bridgehead atoms. The smallest absolute Gasteiger partial charge is 0.233 e. The number of likely N-dealkylation sites (tertiary alicyclic amines) is 1. The van der Waals surface area contributed by atoms with E-state index in [-0.39, 0.29) is 23.7 Å². The number of rotatable bonds is 2. The van der Waals surface area contributed by atoms with Crippen LogP contribution in [0.2, 0.25) is 0 Å². The van der Waals surface area contributed by atoms with Gasteiger partial charge in [0.15, 0.2) is 0 Å². The predicted molar refractivity (Wildman–Crippen MR) is 47.8 cm³/mol. The highest BCUT2D eigenvalue weighted by atomic mass is 16.2. The molecule has 3 nitrogen and oxygen atoms in total. The van der Waals surface area contributed by atoms with Crippen molar-refractivity contribution in [2.75, 3.05) is 6.54 Å². The highest BCUT2D eigenvalue weighted by Gasteiger charge is 2.52. The van der Waals surface area contributed by atoms with Crippen molar-refractivity contribution < 1.29 is 9.59 Å². The Labute approximate surface area is 78.1 Å². The Balaban J connectivity index is 2.11. The van der Waals surface area contributed by atoms with Gasteiger partial charge in [-0.3, -0.25) is 14.5 Å². The molecule has 2 aliphatic rings. The van der Waals surface area contributed by atoms with Crippen LogP contribution in [0.5, 0.6) is 0 Å². The second-order valence-corrected chi connectivity index (χ2v) is 4.47. The summed E-state index contributed by atoms with van der Waals surface area (Å²) in [6.45, 7) is 4.66. The molecule has 2 rings (SSSR count). The lowest BCUT2D eigenvalue weighted by molar-refractivity contribution is -0.139. The highest BCUT2D eigenvalue weighted by Crippen LogP contribution is 2.42. The van der Waals surface area contributed by atoms with Crippen molar-refractivity contribution in [2.45, 2.75) is 26.7 Å². The Kier molecular flexibility index (Phi) is 1.90. The number of fused-ring (bicyclic) bond motifs is 1. The first-order valence-electron chi connectivity index (χ1n) is 4.96. The minimum atomic E-state index is 0.0475. The number of carbonyl (C=O) groups excluding carboxylic acids is 2. The molecule has 0 aromatic heterocycles. The molecule has 1 saturated carbocycles. The molecule has 2 fully saturated rings. The lowest BCUT2D eigenvalue weighted by Crippen LogP contribution is -2.33. The van der Waals surface area contributed by atoms with Crippen molar-refractivity contribution >= 4 is 11.8 Å². The van der Waals surface area contributed by atoms with E-state index < -0.39 is 0 Å². The molecule has 0 N–H and O–H groups in total. The van der Waals surface area contributed by atoms with Gasteiger partial charge in [0.05, 0.1) is 11.8 Å². The van der Waals surface area contributed by atoms with E-state index in [0.717, 1.165) is 12.8 Å². The van der Waals surface area contributed by atoms with Crippen LogP contribution in [0.15, 0.2) is 0 Å². The molecule has 2 atom stereocenters. The maximum Gasteiger partial charge on any atom is 0.233 e. The average Bonchev–Trinajstić information content (AvgIpc) is 2.08. The first-order valence-corrected chi connectivity index (χ1v) is 4.96. The summed E-state index contributed by atoms with van der Waals surface area (Å²) < 4.78 is 0. The third kappa shape index (κ3) is 1.18. The number of hydrogen-bond donors (Lipinski definition) is 0. The number of imide groups is 1. The number of hydrogen-bond acceptors (Lipinski definition) is 2. The molecule has 13 heavy (non-hydrogen) atoms. The zero-order valence-corrected chi connectivity index (χ0v) is 8.12. The molecule has 72 valence electrons. The van der Waals surface area contributed by atoms with Gasteiger partial charge in [0.25, 0.3) is 0 Å². The molecule has 1 heterocycles. The van der Waals surface area contributed by atoms with Crippen LogP contribution < -0.4 is 0 Å². The van der Waals surface area contributed by atoms with Gasteiger partial charge >= 0.3 is 0 Å². The fourth-order valence-electron chi connectivity index (χ4n) is 2.15. The van der Waals surface area contributed by atoms with Crippen LogP contribution in [0.3, 0.4) is 0 Å².